The van der Waals surface area contributed by atoms with Crippen LogP contribution >= 0.6 is 0 Å². The van der Waals surface area contributed by atoms with Crippen molar-refractivity contribution in [1.82, 2.24) is 15.3 Å². The summed E-state index contributed by atoms with van der Waals surface area (Å²) in [6.07, 6.45) is 6.54. The van der Waals surface area contributed by atoms with E-state index in [9.17, 15) is 4.79 Å². The molecule has 1 amide bonds. The lowest BCUT2D eigenvalue weighted by Crippen LogP contribution is -2.23. The summed E-state index contributed by atoms with van der Waals surface area (Å²) in [4.78, 5) is 20.7. The average Bonchev–Trinajstić information content (AvgIpc) is 3.15. The minimum Gasteiger partial charge on any atom is -0.475 e. The summed E-state index contributed by atoms with van der Waals surface area (Å²) >= 11 is 0. The number of carbonyl (C=O) groups excluding carboxylic acids is 1. The monoisotopic (exact) mass is 337 g/mol. The Labute approximate surface area is 145 Å². The smallest absolute Gasteiger partial charge is 0.253 e. The van der Waals surface area contributed by atoms with Crippen LogP contribution in [-0.4, -0.2) is 22.0 Å². The first kappa shape index (κ1) is 16.7. The van der Waals surface area contributed by atoms with Gasteiger partial charge in [-0.3, -0.25) is 9.78 Å². The van der Waals surface area contributed by atoms with Gasteiger partial charge in [0.15, 0.2) is 0 Å². The van der Waals surface area contributed by atoms with Crippen LogP contribution in [0, 0.1) is 0 Å². The Bertz CT molecular complexity index is 810. The van der Waals surface area contributed by atoms with Gasteiger partial charge in [-0.05, 0) is 37.6 Å². The van der Waals surface area contributed by atoms with Crippen molar-refractivity contribution in [2.45, 2.75) is 26.5 Å². The Balaban J connectivity index is 1.56. The molecule has 3 heterocycles. The van der Waals surface area contributed by atoms with Crippen molar-refractivity contribution in [3.05, 3.63) is 66.4 Å². The number of amides is 1. The van der Waals surface area contributed by atoms with E-state index >= 15 is 0 Å². The van der Waals surface area contributed by atoms with E-state index in [2.05, 4.69) is 15.3 Å². The van der Waals surface area contributed by atoms with Crippen molar-refractivity contribution >= 4 is 5.91 Å². The Hall–Kier alpha value is -3.15. The fraction of sp³-hybridized carbons (Fsp3) is 0.211. The van der Waals surface area contributed by atoms with E-state index in [4.69, 9.17) is 9.15 Å². The second-order valence-corrected chi connectivity index (χ2v) is 5.80. The third-order valence-corrected chi connectivity index (χ3v) is 3.45. The van der Waals surface area contributed by atoms with Crippen molar-refractivity contribution in [1.29, 1.82) is 0 Å². The van der Waals surface area contributed by atoms with Gasteiger partial charge in [0.2, 0.25) is 5.88 Å². The van der Waals surface area contributed by atoms with Gasteiger partial charge >= 0.3 is 0 Å². The summed E-state index contributed by atoms with van der Waals surface area (Å²) in [6.45, 7) is 4.24. The predicted octanol–water partition coefficient (Wildman–Crippen LogP) is 3.45. The molecule has 3 aromatic rings. The zero-order valence-electron chi connectivity index (χ0n) is 14.1. The minimum absolute atomic E-state index is 0.0460. The Morgan fingerprint density at radius 3 is 2.64 bits per heavy atom. The van der Waals surface area contributed by atoms with Crippen molar-refractivity contribution in [3.8, 4) is 17.1 Å². The van der Waals surface area contributed by atoms with Gasteiger partial charge < -0.3 is 14.5 Å². The summed E-state index contributed by atoms with van der Waals surface area (Å²) in [7, 11) is 0. The number of pyridine rings is 2. The summed E-state index contributed by atoms with van der Waals surface area (Å²) in [5.74, 6) is 0.313. The van der Waals surface area contributed by atoms with E-state index < -0.39 is 0 Å². The van der Waals surface area contributed by atoms with Crippen LogP contribution < -0.4 is 10.1 Å². The number of aromatic nitrogens is 2. The Kier molecular flexibility index (Phi) is 5.09. The fourth-order valence-corrected chi connectivity index (χ4v) is 2.22. The largest absolute Gasteiger partial charge is 0.475 e. The first-order valence-electron chi connectivity index (χ1n) is 8.00. The van der Waals surface area contributed by atoms with E-state index in [1.54, 1.807) is 30.9 Å². The molecule has 1 N–H and O–H groups in total. The number of hydrogen-bond acceptors (Lipinski definition) is 5. The molecule has 6 nitrogen and oxygen atoms in total. The second-order valence-electron chi connectivity index (χ2n) is 5.80. The summed E-state index contributed by atoms with van der Waals surface area (Å²) in [5.41, 5.74) is 3.14. The molecule has 0 spiro atoms. The lowest BCUT2D eigenvalue weighted by molar-refractivity contribution is 0.0950. The van der Waals surface area contributed by atoms with Crippen LogP contribution in [0.1, 0.15) is 29.8 Å². The molecule has 0 bridgehead atoms. The summed E-state index contributed by atoms with van der Waals surface area (Å²) in [6, 6.07) is 9.05. The van der Waals surface area contributed by atoms with E-state index in [1.165, 1.54) is 6.20 Å². The lowest BCUT2D eigenvalue weighted by atomic mass is 10.2. The quantitative estimate of drug-likeness (QED) is 0.745. The van der Waals surface area contributed by atoms with Crippen molar-refractivity contribution in [3.63, 3.8) is 0 Å². The first-order chi connectivity index (χ1) is 12.1. The minimum atomic E-state index is -0.192. The van der Waals surface area contributed by atoms with Crippen LogP contribution in [0.15, 0.2) is 59.7 Å². The number of nitrogens with zero attached hydrogens (tertiary/aromatic N) is 2. The zero-order valence-corrected chi connectivity index (χ0v) is 14.1. The molecule has 0 atom stereocenters. The van der Waals surface area contributed by atoms with Crippen molar-refractivity contribution < 1.29 is 13.9 Å². The second kappa shape index (κ2) is 7.61. The molecule has 0 fully saturated rings. The van der Waals surface area contributed by atoms with Crippen LogP contribution in [0.25, 0.3) is 11.3 Å². The lowest BCUT2D eigenvalue weighted by Gasteiger charge is -2.09. The Morgan fingerprint density at radius 2 is 2.04 bits per heavy atom. The van der Waals surface area contributed by atoms with Gasteiger partial charge in [0.05, 0.1) is 29.9 Å². The third kappa shape index (κ3) is 4.44. The maximum atomic E-state index is 12.2. The highest BCUT2D eigenvalue weighted by Gasteiger charge is 2.08. The molecule has 3 aromatic heterocycles. The van der Waals surface area contributed by atoms with E-state index in [0.717, 1.165) is 16.8 Å². The van der Waals surface area contributed by atoms with Gasteiger partial charge in [0.1, 0.15) is 0 Å². The fourth-order valence-electron chi connectivity index (χ4n) is 2.22. The molecule has 0 aliphatic rings. The number of rotatable bonds is 6. The summed E-state index contributed by atoms with van der Waals surface area (Å²) < 4.78 is 10.5. The summed E-state index contributed by atoms with van der Waals surface area (Å²) in [5, 5.41) is 2.85. The maximum Gasteiger partial charge on any atom is 0.253 e. The SMILES string of the molecule is CC(C)Oc1ccc(C(=O)NCc2ccc(-c3ccoc3)nc2)cn1. The molecule has 3 rings (SSSR count). The molecular formula is C19H19N3O3. The molecule has 128 valence electrons. The molecule has 0 aliphatic heterocycles. The van der Waals surface area contributed by atoms with Crippen LogP contribution in [0.3, 0.4) is 0 Å². The van der Waals surface area contributed by atoms with E-state index in [-0.39, 0.29) is 12.0 Å². The van der Waals surface area contributed by atoms with Gasteiger partial charge in [0, 0.05) is 30.6 Å². The molecule has 25 heavy (non-hydrogen) atoms. The van der Waals surface area contributed by atoms with Crippen LogP contribution in [0.2, 0.25) is 0 Å². The standard InChI is InChI=1S/C19H19N3O3/c1-13(2)25-18-6-4-15(11-21-18)19(23)22-10-14-3-5-17(20-9-14)16-7-8-24-12-16/h3-9,11-13H,10H2,1-2H3,(H,22,23). The number of ether oxygens (including phenoxy) is 1. The van der Waals surface area contributed by atoms with E-state index in [1.807, 2.05) is 32.0 Å². The first-order valence-corrected chi connectivity index (χ1v) is 8.00. The number of hydrogen-bond donors (Lipinski definition) is 1. The molecule has 0 radical (unpaired) electrons. The van der Waals surface area contributed by atoms with Gasteiger partial charge in [-0.25, -0.2) is 4.98 Å². The zero-order chi connectivity index (χ0) is 17.6. The molecular weight excluding hydrogens is 318 g/mol. The molecule has 6 heteroatoms. The number of nitrogens with one attached hydrogen (secondary N) is 1. The molecule has 0 saturated carbocycles. The van der Waals surface area contributed by atoms with Crippen molar-refractivity contribution in [2.75, 3.05) is 0 Å². The molecule has 0 unspecified atom stereocenters. The van der Waals surface area contributed by atoms with E-state index in [0.29, 0.717) is 18.0 Å². The van der Waals surface area contributed by atoms with Gasteiger partial charge in [-0.1, -0.05) is 6.07 Å². The predicted molar refractivity (Wildman–Crippen MR) is 93.1 cm³/mol. The Morgan fingerprint density at radius 1 is 1.16 bits per heavy atom. The van der Waals surface area contributed by atoms with Crippen molar-refractivity contribution in [2.24, 2.45) is 0 Å². The number of furan rings is 1. The van der Waals surface area contributed by atoms with Crippen LogP contribution in [0.5, 0.6) is 5.88 Å². The highest BCUT2D eigenvalue weighted by atomic mass is 16.5. The average molecular weight is 337 g/mol. The third-order valence-electron chi connectivity index (χ3n) is 3.45. The molecule has 0 aromatic carbocycles. The molecule has 0 aliphatic carbocycles. The maximum absolute atomic E-state index is 12.2. The van der Waals surface area contributed by atoms with Gasteiger partial charge in [-0.15, -0.1) is 0 Å². The molecule has 0 saturated heterocycles. The topological polar surface area (TPSA) is 77.2 Å². The highest BCUT2D eigenvalue weighted by Crippen LogP contribution is 2.17. The van der Waals surface area contributed by atoms with Crippen LogP contribution in [-0.2, 0) is 6.54 Å². The number of carbonyl (C=O) groups is 1. The normalized spacial score (nSPS) is 10.7. The van der Waals surface area contributed by atoms with Gasteiger partial charge in [-0.2, -0.15) is 0 Å². The van der Waals surface area contributed by atoms with Gasteiger partial charge in [0.25, 0.3) is 5.91 Å². The van der Waals surface area contributed by atoms with Crippen LogP contribution in [0.4, 0.5) is 0 Å². The highest BCUT2D eigenvalue weighted by molar-refractivity contribution is 5.93.